The lowest BCUT2D eigenvalue weighted by Crippen LogP contribution is -2.50. The first kappa shape index (κ1) is 8.32. The molecule has 0 N–H and O–H groups in total. The minimum atomic E-state index is -0.244. The van der Waals surface area contributed by atoms with Gasteiger partial charge in [0, 0.05) is 6.54 Å². The first-order valence-electron chi connectivity index (χ1n) is 4.36. The number of rotatable bonds is 1. The molecule has 0 spiro atoms. The van der Waals surface area contributed by atoms with E-state index in [1.165, 1.54) is 0 Å². The molecule has 12 heavy (non-hydrogen) atoms. The van der Waals surface area contributed by atoms with Gasteiger partial charge in [-0.05, 0) is 31.8 Å². The van der Waals surface area contributed by atoms with E-state index in [0.717, 1.165) is 32.5 Å². The number of piperidine rings is 3. The zero-order valence-electron chi connectivity index (χ0n) is 6.83. The first-order chi connectivity index (χ1) is 5.81. The average Bonchev–Trinajstić information content (AvgIpc) is 2.18. The quantitative estimate of drug-likeness (QED) is 0.617. The number of hydrogen-bond acceptors (Lipinski definition) is 3. The van der Waals surface area contributed by atoms with Crippen molar-refractivity contribution in [1.82, 2.24) is 4.90 Å². The summed E-state index contributed by atoms with van der Waals surface area (Å²) in [5.74, 6) is 0.303. The lowest BCUT2D eigenvalue weighted by molar-refractivity contribution is -0.145. The molecular weight excluding hydrogens is 178 g/mol. The van der Waals surface area contributed by atoms with E-state index in [-0.39, 0.29) is 11.9 Å². The molecule has 0 aliphatic carbocycles. The van der Waals surface area contributed by atoms with Crippen LogP contribution in [0.1, 0.15) is 12.8 Å². The molecule has 0 aromatic rings. The van der Waals surface area contributed by atoms with Crippen LogP contribution in [0.5, 0.6) is 0 Å². The first-order valence-corrected chi connectivity index (χ1v) is 4.67. The van der Waals surface area contributed by atoms with Gasteiger partial charge in [0.15, 0.2) is 0 Å². The molecule has 68 valence electrons. The predicted molar refractivity (Wildman–Crippen MR) is 44.6 cm³/mol. The lowest BCUT2D eigenvalue weighted by atomic mass is 9.79. The number of halogens is 1. The minimum absolute atomic E-state index is 0.0324. The maximum Gasteiger partial charge on any atom is 0.329 e. The van der Waals surface area contributed by atoms with Crippen LogP contribution in [-0.2, 0) is 9.08 Å². The highest BCUT2D eigenvalue weighted by Crippen LogP contribution is 2.32. The maximum atomic E-state index is 11.2. The Kier molecular flexibility index (Phi) is 2.24. The molecule has 1 unspecified atom stereocenters. The molecule has 4 heteroatoms. The molecule has 3 heterocycles. The Hall–Kier alpha value is -0.280. The second-order valence-corrected chi connectivity index (χ2v) is 3.80. The van der Waals surface area contributed by atoms with E-state index < -0.39 is 0 Å². The topological polar surface area (TPSA) is 29.5 Å². The van der Waals surface area contributed by atoms with Crippen molar-refractivity contribution in [3.05, 3.63) is 0 Å². The number of carbonyl (C=O) groups is 1. The van der Waals surface area contributed by atoms with Crippen LogP contribution < -0.4 is 0 Å². The van der Waals surface area contributed by atoms with Crippen molar-refractivity contribution in [3.63, 3.8) is 0 Å². The average molecular weight is 190 g/mol. The van der Waals surface area contributed by atoms with Gasteiger partial charge < -0.3 is 9.19 Å². The van der Waals surface area contributed by atoms with Gasteiger partial charge in [-0.3, -0.25) is 4.79 Å². The number of hydrogen-bond donors (Lipinski definition) is 0. The van der Waals surface area contributed by atoms with Gasteiger partial charge in [0.1, 0.15) is 11.9 Å². The van der Waals surface area contributed by atoms with E-state index in [0.29, 0.717) is 5.92 Å². The van der Waals surface area contributed by atoms with Crippen molar-refractivity contribution in [2.75, 3.05) is 19.6 Å². The van der Waals surface area contributed by atoms with Crippen LogP contribution in [0.15, 0.2) is 0 Å². The third-order valence-electron chi connectivity index (χ3n) is 3.03. The van der Waals surface area contributed by atoms with Crippen LogP contribution >= 0.6 is 11.9 Å². The van der Waals surface area contributed by atoms with Crippen LogP contribution in [0.3, 0.4) is 0 Å². The van der Waals surface area contributed by atoms with E-state index >= 15 is 0 Å². The number of carbonyl (C=O) groups excluding carboxylic acids is 1. The molecule has 0 radical (unpaired) electrons. The van der Waals surface area contributed by atoms with E-state index in [4.69, 9.17) is 11.9 Å². The number of nitrogens with zero attached hydrogens (tertiary/aromatic N) is 1. The van der Waals surface area contributed by atoms with Crippen molar-refractivity contribution in [2.45, 2.75) is 12.8 Å². The summed E-state index contributed by atoms with van der Waals surface area (Å²) in [6.45, 7) is 3.11. The highest BCUT2D eigenvalue weighted by molar-refractivity contribution is 6.13. The molecule has 0 saturated carbocycles. The maximum absolute atomic E-state index is 11.2. The largest absolute Gasteiger partial charge is 0.347 e. The van der Waals surface area contributed by atoms with E-state index in [9.17, 15) is 4.79 Å². The summed E-state index contributed by atoms with van der Waals surface area (Å²) in [7, 11) is 0. The van der Waals surface area contributed by atoms with Gasteiger partial charge in [-0.1, -0.05) is 0 Å². The summed E-state index contributed by atoms with van der Waals surface area (Å²) < 4.78 is 4.25. The molecule has 3 nitrogen and oxygen atoms in total. The van der Waals surface area contributed by atoms with Crippen molar-refractivity contribution in [1.29, 1.82) is 0 Å². The highest BCUT2D eigenvalue weighted by atomic mass is 35.5. The van der Waals surface area contributed by atoms with Gasteiger partial charge in [-0.25, -0.2) is 0 Å². The predicted octanol–water partition coefficient (Wildman–Crippen LogP) is 1.03. The molecule has 2 bridgehead atoms. The second kappa shape index (κ2) is 3.23. The third kappa shape index (κ3) is 1.31. The summed E-state index contributed by atoms with van der Waals surface area (Å²) in [6, 6.07) is 0. The molecule has 1 atom stereocenters. The zero-order valence-corrected chi connectivity index (χ0v) is 7.59. The normalized spacial score (nSPS) is 39.6. The van der Waals surface area contributed by atoms with Gasteiger partial charge >= 0.3 is 5.97 Å². The summed E-state index contributed by atoms with van der Waals surface area (Å²) >= 11 is 5.05. The fourth-order valence-electron chi connectivity index (χ4n) is 2.29. The van der Waals surface area contributed by atoms with E-state index in [1.807, 2.05) is 0 Å². The van der Waals surface area contributed by atoms with Crippen LogP contribution in [0.4, 0.5) is 0 Å². The smallest absolute Gasteiger partial charge is 0.329 e. The molecule has 3 aliphatic rings. The molecule has 3 aliphatic heterocycles. The Balaban J connectivity index is 2.03. The van der Waals surface area contributed by atoms with Crippen molar-refractivity contribution in [3.8, 4) is 0 Å². The zero-order chi connectivity index (χ0) is 8.55. The molecule has 3 saturated heterocycles. The minimum Gasteiger partial charge on any atom is -0.347 e. The fourth-order valence-corrected chi connectivity index (χ4v) is 2.40. The molecule has 0 amide bonds. The Morgan fingerprint density at radius 3 is 2.50 bits per heavy atom. The summed E-state index contributed by atoms with van der Waals surface area (Å²) in [6.07, 6.45) is 2.24. The van der Waals surface area contributed by atoms with Crippen LogP contribution in [0.25, 0.3) is 0 Å². The SMILES string of the molecule is O=C(OCl)C1CN2CCC1CC2. The molecule has 3 rings (SSSR count). The Morgan fingerprint density at radius 1 is 1.42 bits per heavy atom. The summed E-state index contributed by atoms with van der Waals surface area (Å²) in [5, 5.41) is 0. The van der Waals surface area contributed by atoms with Crippen LogP contribution in [0.2, 0.25) is 0 Å². The Bertz CT molecular complexity index is 189. The molecular formula is C8H12ClNO2. The lowest BCUT2D eigenvalue weighted by Gasteiger charge is -2.42. The Labute approximate surface area is 76.8 Å². The summed E-state index contributed by atoms with van der Waals surface area (Å²) in [5.41, 5.74) is 0. The molecule has 0 aromatic heterocycles. The monoisotopic (exact) mass is 189 g/mol. The summed E-state index contributed by atoms with van der Waals surface area (Å²) in [4.78, 5) is 13.5. The van der Waals surface area contributed by atoms with E-state index in [2.05, 4.69) is 9.19 Å². The standard InChI is InChI=1S/C8H12ClNO2/c9-12-8(11)7-5-10-3-1-6(7)2-4-10/h6-7H,1-5H2. The third-order valence-corrected chi connectivity index (χ3v) is 3.19. The van der Waals surface area contributed by atoms with Crippen molar-refractivity contribution in [2.24, 2.45) is 11.8 Å². The number of fused-ring (bicyclic) bond motifs is 3. The highest BCUT2D eigenvalue weighted by Gasteiger charge is 2.39. The Morgan fingerprint density at radius 2 is 2.08 bits per heavy atom. The van der Waals surface area contributed by atoms with Gasteiger partial charge in [-0.15, -0.1) is 0 Å². The van der Waals surface area contributed by atoms with Crippen molar-refractivity contribution < 1.29 is 9.08 Å². The second-order valence-electron chi connectivity index (χ2n) is 3.64. The molecule has 3 fully saturated rings. The molecule has 0 aromatic carbocycles. The van der Waals surface area contributed by atoms with Crippen molar-refractivity contribution >= 4 is 17.8 Å². The van der Waals surface area contributed by atoms with Crippen LogP contribution in [-0.4, -0.2) is 30.5 Å². The van der Waals surface area contributed by atoms with Gasteiger partial charge in [-0.2, -0.15) is 0 Å². The fraction of sp³-hybridized carbons (Fsp3) is 0.875. The van der Waals surface area contributed by atoms with Gasteiger partial charge in [0.2, 0.25) is 0 Å². The van der Waals surface area contributed by atoms with Gasteiger partial charge in [0.25, 0.3) is 0 Å². The van der Waals surface area contributed by atoms with E-state index in [1.54, 1.807) is 0 Å². The van der Waals surface area contributed by atoms with Gasteiger partial charge in [0.05, 0.1) is 5.92 Å². The van der Waals surface area contributed by atoms with Crippen LogP contribution in [0, 0.1) is 11.8 Å².